The molecule has 0 atom stereocenters. The lowest BCUT2D eigenvalue weighted by atomic mass is 9.93. The summed E-state index contributed by atoms with van der Waals surface area (Å²) < 4.78 is 17.7. The molecule has 0 fully saturated rings. The van der Waals surface area contributed by atoms with Crippen molar-refractivity contribution in [1.82, 2.24) is 5.32 Å². The predicted molar refractivity (Wildman–Crippen MR) is 121 cm³/mol. The zero-order valence-corrected chi connectivity index (χ0v) is 19.0. The normalized spacial score (nSPS) is 14.3. The van der Waals surface area contributed by atoms with Crippen LogP contribution in [0.3, 0.4) is 0 Å². The first-order chi connectivity index (χ1) is 14.4. The highest BCUT2D eigenvalue weighted by Crippen LogP contribution is 2.41. The summed E-state index contributed by atoms with van der Waals surface area (Å²) in [5, 5.41) is 4.12. The molecule has 2 aromatic rings. The lowest BCUT2D eigenvalue weighted by Gasteiger charge is -2.15. The minimum absolute atomic E-state index is 0.0912. The number of hydrogen-bond donors (Lipinski definition) is 1. The highest BCUT2D eigenvalue weighted by atomic mass is 16.5. The molecule has 1 heterocycles. The van der Waals surface area contributed by atoms with E-state index >= 15 is 0 Å². The third-order valence-corrected chi connectivity index (χ3v) is 5.56. The molecular weight excluding hydrogens is 378 g/mol. The third-order valence-electron chi connectivity index (χ3n) is 5.56. The summed E-state index contributed by atoms with van der Waals surface area (Å²) in [7, 11) is 0. The molecule has 164 valence electrons. The second-order valence-electron chi connectivity index (χ2n) is 8.29. The number of carbonyl (C=O) groups excluding carboxylic acids is 1. The van der Waals surface area contributed by atoms with Gasteiger partial charge in [-0.2, -0.15) is 0 Å². The molecule has 0 spiro atoms. The van der Waals surface area contributed by atoms with Crippen molar-refractivity contribution in [3.63, 3.8) is 0 Å². The number of aryl methyl sites for hydroxylation is 3. The molecule has 0 bridgehead atoms. The van der Waals surface area contributed by atoms with Crippen LogP contribution in [-0.2, 0) is 22.4 Å². The van der Waals surface area contributed by atoms with Gasteiger partial charge in [0, 0.05) is 47.7 Å². The number of nitrogens with one attached hydrogen (secondary N) is 1. The van der Waals surface area contributed by atoms with Gasteiger partial charge in [0.1, 0.15) is 17.1 Å². The fourth-order valence-corrected chi connectivity index (χ4v) is 4.09. The van der Waals surface area contributed by atoms with E-state index in [9.17, 15) is 4.79 Å². The minimum Gasteiger partial charge on any atom is -0.493 e. The SMILES string of the molecule is CCOc1c(/C(C)=C/C(=O)NCCCOC(C)C)cc2c3c(oc2c1C)CCCC3. The van der Waals surface area contributed by atoms with E-state index in [2.05, 4.69) is 11.4 Å². The van der Waals surface area contributed by atoms with Gasteiger partial charge in [0.2, 0.25) is 5.91 Å². The van der Waals surface area contributed by atoms with Crippen LogP contribution < -0.4 is 10.1 Å². The topological polar surface area (TPSA) is 60.7 Å². The number of allylic oxidation sites excluding steroid dienone is 1. The summed E-state index contributed by atoms with van der Waals surface area (Å²) in [6.07, 6.45) is 7.11. The average Bonchev–Trinajstić information content (AvgIpc) is 3.08. The molecular formula is C25H35NO4. The molecule has 0 saturated carbocycles. The van der Waals surface area contributed by atoms with Gasteiger partial charge in [0.15, 0.2) is 0 Å². The van der Waals surface area contributed by atoms with Crippen LogP contribution in [0.1, 0.15) is 69.4 Å². The second-order valence-corrected chi connectivity index (χ2v) is 8.29. The first-order valence-electron chi connectivity index (χ1n) is 11.2. The molecule has 5 nitrogen and oxygen atoms in total. The zero-order valence-electron chi connectivity index (χ0n) is 19.0. The Kier molecular flexibility index (Phi) is 7.59. The smallest absolute Gasteiger partial charge is 0.244 e. The van der Waals surface area contributed by atoms with Crippen molar-refractivity contribution in [2.45, 2.75) is 72.8 Å². The van der Waals surface area contributed by atoms with Gasteiger partial charge >= 0.3 is 0 Å². The monoisotopic (exact) mass is 413 g/mol. The fourth-order valence-electron chi connectivity index (χ4n) is 4.09. The van der Waals surface area contributed by atoms with Crippen molar-refractivity contribution < 1.29 is 18.7 Å². The van der Waals surface area contributed by atoms with Crippen LogP contribution in [0.4, 0.5) is 0 Å². The van der Waals surface area contributed by atoms with E-state index in [1.54, 1.807) is 6.08 Å². The molecule has 0 radical (unpaired) electrons. The molecule has 0 aliphatic heterocycles. The van der Waals surface area contributed by atoms with Gasteiger partial charge in [-0.3, -0.25) is 4.79 Å². The highest BCUT2D eigenvalue weighted by Gasteiger charge is 2.23. The number of benzene rings is 1. The lowest BCUT2D eigenvalue weighted by Crippen LogP contribution is -2.23. The van der Waals surface area contributed by atoms with Crippen LogP contribution in [0, 0.1) is 6.92 Å². The molecule has 30 heavy (non-hydrogen) atoms. The first kappa shape index (κ1) is 22.4. The quantitative estimate of drug-likeness (QED) is 0.444. The average molecular weight is 414 g/mol. The van der Waals surface area contributed by atoms with Crippen molar-refractivity contribution in [2.75, 3.05) is 19.8 Å². The van der Waals surface area contributed by atoms with Crippen LogP contribution in [0.5, 0.6) is 5.75 Å². The number of furan rings is 1. The van der Waals surface area contributed by atoms with Gasteiger partial charge in [-0.05, 0) is 71.9 Å². The Balaban J connectivity index is 1.84. The first-order valence-corrected chi connectivity index (χ1v) is 11.2. The second kappa shape index (κ2) is 10.2. The molecule has 3 rings (SSSR count). The van der Waals surface area contributed by atoms with E-state index in [4.69, 9.17) is 13.9 Å². The van der Waals surface area contributed by atoms with E-state index in [1.165, 1.54) is 23.8 Å². The third kappa shape index (κ3) is 5.07. The Morgan fingerprint density at radius 2 is 2.07 bits per heavy atom. The van der Waals surface area contributed by atoms with Gasteiger partial charge in [-0.25, -0.2) is 0 Å². The highest BCUT2D eigenvalue weighted by molar-refractivity contribution is 5.98. The maximum Gasteiger partial charge on any atom is 0.244 e. The molecule has 0 unspecified atom stereocenters. The lowest BCUT2D eigenvalue weighted by molar-refractivity contribution is -0.116. The van der Waals surface area contributed by atoms with E-state index in [-0.39, 0.29) is 12.0 Å². The Morgan fingerprint density at radius 1 is 1.30 bits per heavy atom. The van der Waals surface area contributed by atoms with Crippen LogP contribution in [0.15, 0.2) is 16.6 Å². The van der Waals surface area contributed by atoms with Gasteiger partial charge in [-0.15, -0.1) is 0 Å². The fraction of sp³-hybridized carbons (Fsp3) is 0.560. The van der Waals surface area contributed by atoms with Crippen LogP contribution in [-0.4, -0.2) is 31.8 Å². The number of ether oxygens (including phenoxy) is 2. The molecule has 0 saturated heterocycles. The van der Waals surface area contributed by atoms with Crippen molar-refractivity contribution in [3.8, 4) is 5.75 Å². The molecule has 1 N–H and O–H groups in total. The summed E-state index contributed by atoms with van der Waals surface area (Å²) >= 11 is 0. The summed E-state index contributed by atoms with van der Waals surface area (Å²) in [6, 6.07) is 2.15. The van der Waals surface area contributed by atoms with Crippen molar-refractivity contribution in [3.05, 3.63) is 34.6 Å². The summed E-state index contributed by atoms with van der Waals surface area (Å²) in [5.74, 6) is 1.83. The van der Waals surface area contributed by atoms with E-state index < -0.39 is 0 Å². The van der Waals surface area contributed by atoms with Crippen LogP contribution >= 0.6 is 0 Å². The Labute approximate surface area is 179 Å². The summed E-state index contributed by atoms with van der Waals surface area (Å²) in [4.78, 5) is 12.4. The molecule has 1 aromatic carbocycles. The Morgan fingerprint density at radius 3 is 2.80 bits per heavy atom. The largest absolute Gasteiger partial charge is 0.493 e. The molecule has 1 amide bonds. The van der Waals surface area contributed by atoms with Crippen LogP contribution in [0.25, 0.3) is 16.5 Å². The molecule has 1 aliphatic rings. The molecule has 5 heteroatoms. The van der Waals surface area contributed by atoms with Crippen molar-refractivity contribution in [1.29, 1.82) is 0 Å². The van der Waals surface area contributed by atoms with Crippen molar-refractivity contribution in [2.24, 2.45) is 0 Å². The van der Waals surface area contributed by atoms with E-state index in [0.717, 1.165) is 53.1 Å². The van der Waals surface area contributed by atoms with Gasteiger partial charge in [0.25, 0.3) is 0 Å². The number of amides is 1. The van der Waals surface area contributed by atoms with Gasteiger partial charge in [0.05, 0.1) is 12.7 Å². The maximum absolute atomic E-state index is 12.4. The van der Waals surface area contributed by atoms with Crippen LogP contribution in [0.2, 0.25) is 0 Å². The van der Waals surface area contributed by atoms with Gasteiger partial charge in [-0.1, -0.05) is 0 Å². The zero-order chi connectivity index (χ0) is 21.7. The van der Waals surface area contributed by atoms with Crippen molar-refractivity contribution >= 4 is 22.4 Å². The number of hydrogen-bond acceptors (Lipinski definition) is 4. The van der Waals surface area contributed by atoms with E-state index in [1.807, 2.05) is 34.6 Å². The Hall–Kier alpha value is -2.27. The molecule has 1 aliphatic carbocycles. The molecule has 1 aromatic heterocycles. The van der Waals surface area contributed by atoms with Gasteiger partial charge < -0.3 is 19.2 Å². The van der Waals surface area contributed by atoms with E-state index in [0.29, 0.717) is 19.8 Å². The summed E-state index contributed by atoms with van der Waals surface area (Å²) in [5.41, 5.74) is 5.12. The number of fused-ring (bicyclic) bond motifs is 3. The predicted octanol–water partition coefficient (Wildman–Crippen LogP) is 5.35. The standard InChI is InChI=1S/C25H35NO4/c1-6-28-24-18(5)25-21(19-10-7-8-11-22(19)30-25)15-20(24)17(4)14-23(27)26-12-9-13-29-16(2)3/h14-16H,6-13H2,1-5H3,(H,26,27)/b17-14+. The Bertz CT molecular complexity index is 923. The maximum atomic E-state index is 12.4. The summed E-state index contributed by atoms with van der Waals surface area (Å²) in [6.45, 7) is 11.8. The number of rotatable bonds is 9. The minimum atomic E-state index is -0.0912. The number of carbonyl (C=O) groups is 1.